The summed E-state index contributed by atoms with van der Waals surface area (Å²) in [7, 11) is 0. The maximum atomic E-state index is 4.30. The molecule has 96 valence electrons. The predicted octanol–water partition coefficient (Wildman–Crippen LogP) is 2.90. The van der Waals surface area contributed by atoms with Crippen LogP contribution in [0.1, 0.15) is 35.9 Å². The van der Waals surface area contributed by atoms with Gasteiger partial charge in [-0.3, -0.25) is 0 Å². The molecular formula is C12H15BrN4S. The molecule has 0 aliphatic carbocycles. The molecule has 0 fully saturated rings. The summed E-state index contributed by atoms with van der Waals surface area (Å²) in [6.07, 6.45) is 2.26. The number of halogens is 1. The van der Waals surface area contributed by atoms with Crippen molar-refractivity contribution in [3.8, 4) is 0 Å². The second kappa shape index (κ2) is 5.11. The SMILES string of the molecule is CC(NCc1ccc(Br)s1)c1nnc2n1CCC2. The Morgan fingerprint density at radius 2 is 2.39 bits per heavy atom. The number of rotatable bonds is 4. The fourth-order valence-corrected chi connectivity index (χ4v) is 3.72. The van der Waals surface area contributed by atoms with Crippen LogP contribution < -0.4 is 5.32 Å². The summed E-state index contributed by atoms with van der Waals surface area (Å²) in [5.41, 5.74) is 0. The molecule has 1 aliphatic heterocycles. The molecule has 0 saturated heterocycles. The fraction of sp³-hybridized carbons (Fsp3) is 0.500. The van der Waals surface area contributed by atoms with Gasteiger partial charge >= 0.3 is 0 Å². The second-order valence-corrected chi connectivity index (χ2v) is 7.09. The van der Waals surface area contributed by atoms with E-state index in [0.717, 1.165) is 31.2 Å². The summed E-state index contributed by atoms with van der Waals surface area (Å²) in [6.45, 7) is 4.09. The van der Waals surface area contributed by atoms with Crippen LogP contribution in [0, 0.1) is 0 Å². The van der Waals surface area contributed by atoms with Crippen LogP contribution in [0.4, 0.5) is 0 Å². The minimum atomic E-state index is 0.241. The molecule has 0 radical (unpaired) electrons. The van der Waals surface area contributed by atoms with Crippen LogP contribution in [-0.2, 0) is 19.5 Å². The van der Waals surface area contributed by atoms with Gasteiger partial charge in [0.15, 0.2) is 0 Å². The number of fused-ring (bicyclic) bond motifs is 1. The highest BCUT2D eigenvalue weighted by Crippen LogP contribution is 2.23. The van der Waals surface area contributed by atoms with Crippen molar-refractivity contribution in [1.29, 1.82) is 0 Å². The number of hydrogen-bond acceptors (Lipinski definition) is 4. The molecular weight excluding hydrogens is 312 g/mol. The number of nitrogens with one attached hydrogen (secondary N) is 1. The van der Waals surface area contributed by atoms with Gasteiger partial charge in [0.05, 0.1) is 9.83 Å². The number of aryl methyl sites for hydroxylation is 1. The molecule has 0 amide bonds. The zero-order chi connectivity index (χ0) is 12.5. The van der Waals surface area contributed by atoms with Gasteiger partial charge in [-0.25, -0.2) is 0 Å². The van der Waals surface area contributed by atoms with Crippen molar-refractivity contribution < 1.29 is 0 Å². The molecule has 0 saturated carbocycles. The average Bonchev–Trinajstić information content (AvgIpc) is 3.01. The van der Waals surface area contributed by atoms with Crippen LogP contribution in [0.2, 0.25) is 0 Å². The fourth-order valence-electron chi connectivity index (χ4n) is 2.29. The summed E-state index contributed by atoms with van der Waals surface area (Å²) in [5.74, 6) is 2.20. The van der Waals surface area contributed by atoms with Crippen LogP contribution in [0.3, 0.4) is 0 Å². The molecule has 0 aromatic carbocycles. The first-order valence-corrected chi connectivity index (χ1v) is 7.74. The van der Waals surface area contributed by atoms with E-state index in [2.05, 4.69) is 55.1 Å². The molecule has 1 aliphatic rings. The van der Waals surface area contributed by atoms with Gasteiger partial charge in [-0.05, 0) is 41.4 Å². The average molecular weight is 327 g/mol. The van der Waals surface area contributed by atoms with Crippen LogP contribution >= 0.6 is 27.3 Å². The van der Waals surface area contributed by atoms with Crippen LogP contribution in [0.15, 0.2) is 15.9 Å². The highest BCUT2D eigenvalue weighted by molar-refractivity contribution is 9.11. The smallest absolute Gasteiger partial charge is 0.149 e. The Balaban J connectivity index is 1.66. The van der Waals surface area contributed by atoms with E-state index in [1.54, 1.807) is 11.3 Å². The molecule has 1 unspecified atom stereocenters. The third-order valence-electron chi connectivity index (χ3n) is 3.24. The molecule has 18 heavy (non-hydrogen) atoms. The Morgan fingerprint density at radius 3 is 3.17 bits per heavy atom. The zero-order valence-corrected chi connectivity index (χ0v) is 12.6. The molecule has 0 spiro atoms. The van der Waals surface area contributed by atoms with Crippen molar-refractivity contribution >= 4 is 27.3 Å². The van der Waals surface area contributed by atoms with Gasteiger partial charge in [0.25, 0.3) is 0 Å². The lowest BCUT2D eigenvalue weighted by molar-refractivity contribution is 0.518. The lowest BCUT2D eigenvalue weighted by atomic mass is 10.3. The van der Waals surface area contributed by atoms with Crippen molar-refractivity contribution in [3.05, 3.63) is 32.4 Å². The van der Waals surface area contributed by atoms with E-state index in [1.165, 1.54) is 15.1 Å². The Labute approximate surface area is 119 Å². The van der Waals surface area contributed by atoms with Crippen LogP contribution in [0.25, 0.3) is 0 Å². The molecule has 0 bridgehead atoms. The first-order chi connectivity index (χ1) is 8.74. The summed E-state index contributed by atoms with van der Waals surface area (Å²) in [5, 5.41) is 12.1. The highest BCUT2D eigenvalue weighted by atomic mass is 79.9. The Hall–Kier alpha value is -0.720. The maximum Gasteiger partial charge on any atom is 0.149 e. The third-order valence-corrected chi connectivity index (χ3v) is 4.86. The van der Waals surface area contributed by atoms with E-state index in [4.69, 9.17) is 0 Å². The van der Waals surface area contributed by atoms with E-state index in [-0.39, 0.29) is 6.04 Å². The molecule has 3 heterocycles. The summed E-state index contributed by atoms with van der Waals surface area (Å²) >= 11 is 5.25. The third kappa shape index (κ3) is 2.37. The molecule has 6 heteroatoms. The topological polar surface area (TPSA) is 42.7 Å². The van der Waals surface area contributed by atoms with Crippen molar-refractivity contribution in [2.24, 2.45) is 0 Å². The minimum Gasteiger partial charge on any atom is -0.314 e. The molecule has 3 rings (SSSR count). The van der Waals surface area contributed by atoms with Gasteiger partial charge < -0.3 is 9.88 Å². The number of hydrogen-bond donors (Lipinski definition) is 1. The Morgan fingerprint density at radius 1 is 1.50 bits per heavy atom. The van der Waals surface area contributed by atoms with Gasteiger partial charge in [-0.2, -0.15) is 0 Å². The summed E-state index contributed by atoms with van der Waals surface area (Å²) < 4.78 is 3.43. The van der Waals surface area contributed by atoms with Crippen molar-refractivity contribution in [1.82, 2.24) is 20.1 Å². The second-order valence-electron chi connectivity index (χ2n) is 4.54. The standard InChI is InChI=1S/C12H15BrN4S/c1-8(14-7-9-4-5-10(13)18-9)12-16-15-11-3-2-6-17(11)12/h4-5,8,14H,2-3,6-7H2,1H3. The molecule has 1 N–H and O–H groups in total. The van der Waals surface area contributed by atoms with Gasteiger partial charge in [0.1, 0.15) is 11.6 Å². The van der Waals surface area contributed by atoms with Crippen LogP contribution in [0.5, 0.6) is 0 Å². The highest BCUT2D eigenvalue weighted by Gasteiger charge is 2.20. The lowest BCUT2D eigenvalue weighted by Gasteiger charge is -2.12. The van der Waals surface area contributed by atoms with Crippen molar-refractivity contribution in [2.45, 2.75) is 38.9 Å². The van der Waals surface area contributed by atoms with E-state index >= 15 is 0 Å². The predicted molar refractivity (Wildman–Crippen MR) is 75.6 cm³/mol. The summed E-state index contributed by atoms with van der Waals surface area (Å²) in [4.78, 5) is 1.33. The first kappa shape index (κ1) is 12.3. The molecule has 2 aromatic heterocycles. The minimum absolute atomic E-state index is 0.241. The van der Waals surface area contributed by atoms with E-state index in [9.17, 15) is 0 Å². The summed E-state index contributed by atoms with van der Waals surface area (Å²) in [6, 6.07) is 4.47. The number of thiophene rings is 1. The Bertz CT molecular complexity index is 548. The number of nitrogens with zero attached hydrogens (tertiary/aromatic N) is 3. The van der Waals surface area contributed by atoms with Crippen LogP contribution in [-0.4, -0.2) is 14.8 Å². The maximum absolute atomic E-state index is 4.30. The largest absolute Gasteiger partial charge is 0.314 e. The molecule has 4 nitrogen and oxygen atoms in total. The van der Waals surface area contributed by atoms with Gasteiger partial charge in [0, 0.05) is 24.4 Å². The Kier molecular flexibility index (Phi) is 3.50. The first-order valence-electron chi connectivity index (χ1n) is 6.13. The monoisotopic (exact) mass is 326 g/mol. The molecule has 1 atom stereocenters. The lowest BCUT2D eigenvalue weighted by Crippen LogP contribution is -2.21. The van der Waals surface area contributed by atoms with Gasteiger partial charge in [0.2, 0.25) is 0 Å². The van der Waals surface area contributed by atoms with Gasteiger partial charge in [-0.15, -0.1) is 21.5 Å². The molecule has 2 aromatic rings. The van der Waals surface area contributed by atoms with Gasteiger partial charge in [-0.1, -0.05) is 0 Å². The van der Waals surface area contributed by atoms with E-state index in [0.29, 0.717) is 0 Å². The van der Waals surface area contributed by atoms with Crippen molar-refractivity contribution in [2.75, 3.05) is 0 Å². The normalized spacial score (nSPS) is 15.9. The van der Waals surface area contributed by atoms with E-state index < -0.39 is 0 Å². The number of aromatic nitrogens is 3. The van der Waals surface area contributed by atoms with Crippen molar-refractivity contribution in [3.63, 3.8) is 0 Å². The zero-order valence-electron chi connectivity index (χ0n) is 10.2. The van der Waals surface area contributed by atoms with E-state index in [1.807, 2.05) is 0 Å². The quantitative estimate of drug-likeness (QED) is 0.939.